The molecule has 0 bridgehead atoms. The summed E-state index contributed by atoms with van der Waals surface area (Å²) >= 11 is 3.30. The topological polar surface area (TPSA) is 60.9 Å². The molecule has 0 amide bonds. The Morgan fingerprint density at radius 3 is 2.33 bits per heavy atom. The van der Waals surface area contributed by atoms with Crippen LogP contribution in [0, 0.1) is 0 Å². The molecule has 1 aromatic carbocycles. The molecule has 1 saturated heterocycles. The minimum atomic E-state index is -3.49. The predicted octanol–water partition coefficient (Wildman–Crippen LogP) is 1.66. The van der Waals surface area contributed by atoms with Crippen LogP contribution in [-0.4, -0.2) is 55.0 Å². The van der Waals surface area contributed by atoms with E-state index in [1.165, 1.54) is 4.31 Å². The fourth-order valence-corrected chi connectivity index (χ4v) is 4.96. The first-order valence-corrected chi connectivity index (χ1v) is 9.23. The fourth-order valence-electron chi connectivity index (χ4n) is 2.45. The smallest absolute Gasteiger partial charge is 0.244 e. The van der Waals surface area contributed by atoms with Gasteiger partial charge in [0.15, 0.2) is 0 Å². The summed E-state index contributed by atoms with van der Waals surface area (Å²) in [5.74, 6) is 0. The summed E-state index contributed by atoms with van der Waals surface area (Å²) in [7, 11) is -3.49. The summed E-state index contributed by atoms with van der Waals surface area (Å²) in [6.07, 6.45) is 0. The Bertz CT molecular complexity index is 596. The van der Waals surface area contributed by atoms with Crippen LogP contribution in [0.1, 0.15) is 19.4 Å². The van der Waals surface area contributed by atoms with E-state index in [0.717, 1.165) is 13.1 Å². The van der Waals surface area contributed by atoms with Gasteiger partial charge in [-0.15, -0.1) is 0 Å². The first-order valence-electron chi connectivity index (χ1n) is 6.99. The van der Waals surface area contributed by atoms with Crippen molar-refractivity contribution in [3.63, 3.8) is 0 Å². The van der Waals surface area contributed by atoms with Gasteiger partial charge in [0.2, 0.25) is 10.0 Å². The Labute approximate surface area is 134 Å². The van der Waals surface area contributed by atoms with Crippen LogP contribution in [0.15, 0.2) is 27.6 Å². The molecule has 1 N–H and O–H groups in total. The summed E-state index contributed by atoms with van der Waals surface area (Å²) in [4.78, 5) is 2.54. The summed E-state index contributed by atoms with van der Waals surface area (Å²) in [6.45, 7) is 6.66. The van der Waals surface area contributed by atoms with Crippen molar-refractivity contribution in [2.24, 2.45) is 0 Å². The largest absolute Gasteiger partial charge is 0.392 e. The standard InChI is InChI=1S/C14H21BrN2O3S/c1-11(2)16-5-7-17(8-6-16)21(19,20)14-4-3-12(10-18)9-13(14)15/h3-4,9,11,18H,5-8,10H2,1-2H3. The summed E-state index contributed by atoms with van der Waals surface area (Å²) in [5, 5.41) is 9.10. The van der Waals surface area contributed by atoms with Gasteiger partial charge < -0.3 is 5.11 Å². The molecule has 21 heavy (non-hydrogen) atoms. The highest BCUT2D eigenvalue weighted by molar-refractivity contribution is 9.10. The molecular weight excluding hydrogens is 356 g/mol. The van der Waals surface area contributed by atoms with Crippen molar-refractivity contribution in [2.75, 3.05) is 26.2 Å². The second-order valence-corrected chi connectivity index (χ2v) is 8.22. The van der Waals surface area contributed by atoms with Crippen molar-refractivity contribution in [3.05, 3.63) is 28.2 Å². The van der Waals surface area contributed by atoms with Crippen molar-refractivity contribution in [1.82, 2.24) is 9.21 Å². The molecule has 0 saturated carbocycles. The number of aliphatic hydroxyl groups excluding tert-OH is 1. The highest BCUT2D eigenvalue weighted by Crippen LogP contribution is 2.27. The third kappa shape index (κ3) is 3.65. The van der Waals surface area contributed by atoms with E-state index < -0.39 is 10.0 Å². The van der Waals surface area contributed by atoms with Crippen molar-refractivity contribution < 1.29 is 13.5 Å². The average Bonchev–Trinajstić information content (AvgIpc) is 2.46. The lowest BCUT2D eigenvalue weighted by atomic mass is 10.2. The Balaban J connectivity index is 2.19. The van der Waals surface area contributed by atoms with Crippen molar-refractivity contribution in [3.8, 4) is 0 Å². The molecule has 0 atom stereocenters. The second kappa shape index (κ2) is 6.75. The van der Waals surface area contributed by atoms with Gasteiger partial charge >= 0.3 is 0 Å². The highest BCUT2D eigenvalue weighted by Gasteiger charge is 2.30. The van der Waals surface area contributed by atoms with Crippen molar-refractivity contribution in [2.45, 2.75) is 31.4 Å². The average molecular weight is 377 g/mol. The maximum absolute atomic E-state index is 12.7. The molecule has 1 fully saturated rings. The molecule has 0 radical (unpaired) electrons. The molecule has 0 spiro atoms. The first kappa shape index (κ1) is 16.9. The van der Waals surface area contributed by atoms with Gasteiger partial charge in [-0.25, -0.2) is 8.42 Å². The minimum Gasteiger partial charge on any atom is -0.392 e. The van der Waals surface area contributed by atoms with E-state index >= 15 is 0 Å². The zero-order chi connectivity index (χ0) is 15.6. The number of rotatable bonds is 4. The molecule has 1 heterocycles. The Hall–Kier alpha value is -0.470. The van der Waals surface area contributed by atoms with Crippen LogP contribution in [0.25, 0.3) is 0 Å². The van der Waals surface area contributed by atoms with Crippen LogP contribution in [0.3, 0.4) is 0 Å². The molecule has 1 aliphatic rings. The van der Waals surface area contributed by atoms with Crippen LogP contribution in [0.4, 0.5) is 0 Å². The van der Waals surface area contributed by atoms with Crippen LogP contribution in [-0.2, 0) is 16.6 Å². The molecule has 118 valence electrons. The molecule has 0 unspecified atom stereocenters. The highest BCUT2D eigenvalue weighted by atomic mass is 79.9. The van der Waals surface area contributed by atoms with Gasteiger partial charge in [0.1, 0.15) is 0 Å². The van der Waals surface area contributed by atoms with E-state index in [9.17, 15) is 8.42 Å². The fraction of sp³-hybridized carbons (Fsp3) is 0.571. The third-order valence-electron chi connectivity index (χ3n) is 3.80. The van der Waals surface area contributed by atoms with E-state index in [1.54, 1.807) is 18.2 Å². The number of benzene rings is 1. The summed E-state index contributed by atoms with van der Waals surface area (Å²) in [6, 6.07) is 5.28. The molecular formula is C14H21BrN2O3S. The zero-order valence-electron chi connectivity index (χ0n) is 12.3. The molecule has 2 rings (SSSR count). The lowest BCUT2D eigenvalue weighted by molar-refractivity contribution is 0.154. The van der Waals surface area contributed by atoms with Gasteiger partial charge in [-0.3, -0.25) is 4.90 Å². The van der Waals surface area contributed by atoms with Gasteiger partial charge in [-0.05, 0) is 47.5 Å². The van der Waals surface area contributed by atoms with Gasteiger partial charge in [-0.1, -0.05) is 6.07 Å². The molecule has 1 aliphatic heterocycles. The van der Waals surface area contributed by atoms with Crippen LogP contribution >= 0.6 is 15.9 Å². The lowest BCUT2D eigenvalue weighted by Gasteiger charge is -2.36. The number of piperazine rings is 1. The van der Waals surface area contributed by atoms with Gasteiger partial charge in [0.05, 0.1) is 11.5 Å². The van der Waals surface area contributed by atoms with Crippen LogP contribution in [0.2, 0.25) is 0 Å². The molecule has 0 aliphatic carbocycles. The Kier molecular flexibility index (Phi) is 5.43. The normalized spacial score (nSPS) is 18.3. The first-order chi connectivity index (χ1) is 9.86. The minimum absolute atomic E-state index is 0.105. The van der Waals surface area contributed by atoms with Crippen LogP contribution in [0.5, 0.6) is 0 Å². The lowest BCUT2D eigenvalue weighted by Crippen LogP contribution is -2.50. The number of aliphatic hydroxyl groups is 1. The van der Waals surface area contributed by atoms with Crippen molar-refractivity contribution in [1.29, 1.82) is 0 Å². The number of nitrogens with zero attached hydrogens (tertiary/aromatic N) is 2. The molecule has 5 nitrogen and oxygen atoms in total. The maximum Gasteiger partial charge on any atom is 0.244 e. The van der Waals surface area contributed by atoms with Gasteiger partial charge in [-0.2, -0.15) is 4.31 Å². The molecule has 7 heteroatoms. The molecule has 0 aromatic heterocycles. The van der Waals surface area contributed by atoms with Gasteiger partial charge in [0, 0.05) is 36.7 Å². The number of hydrogen-bond donors (Lipinski definition) is 1. The number of sulfonamides is 1. The zero-order valence-corrected chi connectivity index (χ0v) is 14.7. The van der Waals surface area contributed by atoms with Crippen molar-refractivity contribution >= 4 is 26.0 Å². The number of hydrogen-bond acceptors (Lipinski definition) is 4. The van der Waals surface area contributed by atoms with E-state index in [2.05, 4.69) is 34.7 Å². The van der Waals surface area contributed by atoms with Crippen LogP contribution < -0.4 is 0 Å². The van der Waals surface area contributed by atoms with E-state index in [-0.39, 0.29) is 11.5 Å². The Morgan fingerprint density at radius 1 is 1.24 bits per heavy atom. The monoisotopic (exact) mass is 376 g/mol. The summed E-state index contributed by atoms with van der Waals surface area (Å²) in [5.41, 5.74) is 0.686. The quantitative estimate of drug-likeness (QED) is 0.867. The van der Waals surface area contributed by atoms with E-state index in [1.807, 2.05) is 0 Å². The summed E-state index contributed by atoms with van der Waals surface area (Å²) < 4.78 is 27.4. The molecule has 1 aromatic rings. The second-order valence-electron chi connectivity index (χ2n) is 5.46. The Morgan fingerprint density at radius 2 is 1.86 bits per heavy atom. The van der Waals surface area contributed by atoms with E-state index in [0.29, 0.717) is 29.2 Å². The third-order valence-corrected chi connectivity index (χ3v) is 6.68. The number of halogens is 1. The SMILES string of the molecule is CC(C)N1CCN(S(=O)(=O)c2ccc(CO)cc2Br)CC1. The van der Waals surface area contributed by atoms with Gasteiger partial charge in [0.25, 0.3) is 0 Å². The van der Waals surface area contributed by atoms with E-state index in [4.69, 9.17) is 5.11 Å². The maximum atomic E-state index is 12.7. The predicted molar refractivity (Wildman–Crippen MR) is 85.5 cm³/mol.